The maximum absolute atomic E-state index is 11.0. The van der Waals surface area contributed by atoms with Crippen molar-refractivity contribution in [1.82, 2.24) is 14.9 Å². The molecule has 0 aliphatic carbocycles. The molecule has 1 aliphatic heterocycles. The van der Waals surface area contributed by atoms with Gasteiger partial charge in [-0.25, -0.2) is 14.8 Å². The van der Waals surface area contributed by atoms with Crippen LogP contribution in [0.25, 0.3) is 0 Å². The zero-order chi connectivity index (χ0) is 13.0. The number of morpholine rings is 1. The number of rotatable bonds is 4. The lowest BCUT2D eigenvalue weighted by molar-refractivity contribution is -0.0554. The summed E-state index contributed by atoms with van der Waals surface area (Å²) in [6.07, 6.45) is 2.43. The molecule has 2 rings (SSSR count). The Hall–Kier alpha value is -1.57. The number of carbonyl (C=O) groups is 1. The van der Waals surface area contributed by atoms with E-state index in [4.69, 9.17) is 14.9 Å². The van der Waals surface area contributed by atoms with Gasteiger partial charge in [0.1, 0.15) is 11.9 Å². The van der Waals surface area contributed by atoms with E-state index in [-0.39, 0.29) is 18.3 Å². The molecular weight excluding hydrogens is 238 g/mol. The van der Waals surface area contributed by atoms with Crippen molar-refractivity contribution < 1.29 is 19.7 Å². The van der Waals surface area contributed by atoms with Crippen molar-refractivity contribution in [2.45, 2.75) is 12.6 Å². The van der Waals surface area contributed by atoms with Gasteiger partial charge in [0.15, 0.2) is 0 Å². The Kier molecular flexibility index (Phi) is 4.19. The highest BCUT2D eigenvalue weighted by atomic mass is 16.5. The van der Waals surface area contributed by atoms with E-state index < -0.39 is 5.97 Å². The van der Waals surface area contributed by atoms with Crippen LogP contribution in [0.4, 0.5) is 0 Å². The van der Waals surface area contributed by atoms with Crippen LogP contribution in [0, 0.1) is 0 Å². The molecular formula is C11H15N3O4. The Morgan fingerprint density at radius 1 is 1.61 bits per heavy atom. The number of ether oxygens (including phenoxy) is 1. The van der Waals surface area contributed by atoms with Crippen molar-refractivity contribution in [3.8, 4) is 0 Å². The predicted octanol–water partition coefficient (Wildman–Crippen LogP) is -0.632. The molecule has 1 unspecified atom stereocenters. The second-order valence-electron chi connectivity index (χ2n) is 4.10. The first-order valence-electron chi connectivity index (χ1n) is 5.67. The van der Waals surface area contributed by atoms with Gasteiger partial charge >= 0.3 is 5.97 Å². The molecule has 1 aliphatic rings. The van der Waals surface area contributed by atoms with Gasteiger partial charge in [-0.15, -0.1) is 0 Å². The number of hydrogen-bond donors (Lipinski definition) is 2. The normalized spacial score (nSPS) is 20.8. The predicted molar refractivity (Wildman–Crippen MR) is 61.1 cm³/mol. The van der Waals surface area contributed by atoms with E-state index >= 15 is 0 Å². The lowest BCUT2D eigenvalue weighted by atomic mass is 10.2. The molecule has 0 spiro atoms. The van der Waals surface area contributed by atoms with E-state index in [1.54, 1.807) is 0 Å². The van der Waals surface area contributed by atoms with Crippen molar-refractivity contribution in [1.29, 1.82) is 0 Å². The molecule has 1 aromatic rings. The molecule has 98 valence electrons. The van der Waals surface area contributed by atoms with Gasteiger partial charge in [0.05, 0.1) is 25.0 Å². The Bertz CT molecular complexity index is 427. The summed E-state index contributed by atoms with van der Waals surface area (Å²) in [6, 6.07) is 0. The largest absolute Gasteiger partial charge is 0.478 e. The molecule has 7 heteroatoms. The highest BCUT2D eigenvalue weighted by Gasteiger charge is 2.22. The van der Waals surface area contributed by atoms with Gasteiger partial charge in [0, 0.05) is 25.8 Å². The number of carboxylic acid groups (broad SMARTS) is 1. The van der Waals surface area contributed by atoms with E-state index in [0.29, 0.717) is 31.9 Å². The monoisotopic (exact) mass is 253 g/mol. The quantitative estimate of drug-likeness (QED) is 0.737. The molecule has 1 aromatic heterocycles. The van der Waals surface area contributed by atoms with E-state index in [1.807, 2.05) is 4.90 Å². The molecule has 1 saturated heterocycles. The average Bonchev–Trinajstić information content (AvgIpc) is 2.39. The van der Waals surface area contributed by atoms with Gasteiger partial charge in [-0.05, 0) is 0 Å². The summed E-state index contributed by atoms with van der Waals surface area (Å²) >= 11 is 0. The maximum atomic E-state index is 11.0. The summed E-state index contributed by atoms with van der Waals surface area (Å²) in [5.41, 5.74) is 0.598. The summed E-state index contributed by atoms with van der Waals surface area (Å²) in [4.78, 5) is 20.8. The summed E-state index contributed by atoms with van der Waals surface area (Å²) in [5, 5.41) is 18.1. The van der Waals surface area contributed by atoms with Crippen LogP contribution < -0.4 is 0 Å². The molecule has 0 bridgehead atoms. The number of aliphatic hydroxyl groups is 1. The van der Waals surface area contributed by atoms with Gasteiger partial charge in [-0.3, -0.25) is 4.90 Å². The lowest BCUT2D eigenvalue weighted by Gasteiger charge is -2.31. The zero-order valence-electron chi connectivity index (χ0n) is 9.82. The number of aliphatic hydroxyl groups excluding tert-OH is 1. The van der Waals surface area contributed by atoms with Crippen molar-refractivity contribution in [3.63, 3.8) is 0 Å². The number of hydrogen-bond acceptors (Lipinski definition) is 6. The fourth-order valence-electron chi connectivity index (χ4n) is 1.91. The van der Waals surface area contributed by atoms with Gasteiger partial charge in [-0.1, -0.05) is 0 Å². The average molecular weight is 253 g/mol. The van der Waals surface area contributed by atoms with Gasteiger partial charge in [-0.2, -0.15) is 0 Å². The third-order valence-electron chi connectivity index (χ3n) is 2.83. The first kappa shape index (κ1) is 12.9. The summed E-state index contributed by atoms with van der Waals surface area (Å²) in [6.45, 7) is 2.17. The van der Waals surface area contributed by atoms with Gasteiger partial charge in [0.25, 0.3) is 0 Å². The molecule has 2 heterocycles. The van der Waals surface area contributed by atoms with Crippen LogP contribution >= 0.6 is 0 Å². The number of nitrogens with zero attached hydrogens (tertiary/aromatic N) is 3. The first-order chi connectivity index (χ1) is 8.70. The SMILES string of the molecule is O=C(O)c1cncnc1CN1CCOC(CO)C1. The van der Waals surface area contributed by atoms with Crippen LogP contribution in [0.2, 0.25) is 0 Å². The molecule has 0 aromatic carbocycles. The molecule has 18 heavy (non-hydrogen) atoms. The Morgan fingerprint density at radius 2 is 2.44 bits per heavy atom. The molecule has 7 nitrogen and oxygen atoms in total. The minimum Gasteiger partial charge on any atom is -0.478 e. The van der Waals surface area contributed by atoms with E-state index in [2.05, 4.69) is 9.97 Å². The second kappa shape index (κ2) is 5.85. The van der Waals surface area contributed by atoms with Crippen LogP contribution in [0.5, 0.6) is 0 Å². The molecule has 1 atom stereocenters. The van der Waals surface area contributed by atoms with Crippen molar-refractivity contribution in [3.05, 3.63) is 23.8 Å². The van der Waals surface area contributed by atoms with Crippen molar-refractivity contribution in [2.24, 2.45) is 0 Å². The Morgan fingerprint density at radius 3 is 3.17 bits per heavy atom. The Labute approximate surface area is 104 Å². The van der Waals surface area contributed by atoms with Crippen molar-refractivity contribution >= 4 is 5.97 Å². The maximum Gasteiger partial charge on any atom is 0.339 e. The molecule has 2 N–H and O–H groups in total. The highest BCUT2D eigenvalue weighted by Crippen LogP contribution is 2.11. The topological polar surface area (TPSA) is 95.8 Å². The molecule has 0 saturated carbocycles. The van der Waals surface area contributed by atoms with Crippen LogP contribution in [-0.4, -0.2) is 63.5 Å². The number of aromatic carboxylic acids is 1. The number of carboxylic acids is 1. The summed E-state index contributed by atoms with van der Waals surface area (Å²) in [5.74, 6) is -1.03. The van der Waals surface area contributed by atoms with Crippen LogP contribution in [0.15, 0.2) is 12.5 Å². The smallest absolute Gasteiger partial charge is 0.339 e. The lowest BCUT2D eigenvalue weighted by Crippen LogP contribution is -2.43. The van der Waals surface area contributed by atoms with Crippen molar-refractivity contribution in [2.75, 3.05) is 26.3 Å². The standard InChI is InChI=1S/C11H15N3O4/c15-6-8-4-14(1-2-18-8)5-10-9(11(16)17)3-12-7-13-10/h3,7-8,15H,1-2,4-6H2,(H,16,17). The van der Waals surface area contributed by atoms with Crippen LogP contribution in [-0.2, 0) is 11.3 Å². The third-order valence-corrected chi connectivity index (χ3v) is 2.83. The minimum atomic E-state index is -1.03. The summed E-state index contributed by atoms with van der Waals surface area (Å²) < 4.78 is 5.33. The second-order valence-corrected chi connectivity index (χ2v) is 4.10. The highest BCUT2D eigenvalue weighted by molar-refractivity contribution is 5.88. The fourth-order valence-corrected chi connectivity index (χ4v) is 1.91. The van der Waals surface area contributed by atoms with E-state index in [9.17, 15) is 4.79 Å². The van der Waals surface area contributed by atoms with Gasteiger partial charge in [0.2, 0.25) is 0 Å². The summed E-state index contributed by atoms with van der Waals surface area (Å²) in [7, 11) is 0. The number of aromatic nitrogens is 2. The van der Waals surface area contributed by atoms with E-state index in [1.165, 1.54) is 12.5 Å². The molecule has 1 fully saturated rings. The fraction of sp³-hybridized carbons (Fsp3) is 0.545. The third kappa shape index (κ3) is 3.00. The first-order valence-corrected chi connectivity index (χ1v) is 5.67. The minimum absolute atomic E-state index is 0.0357. The Balaban J connectivity index is 2.07. The van der Waals surface area contributed by atoms with Crippen LogP contribution in [0.1, 0.15) is 16.1 Å². The van der Waals surface area contributed by atoms with Crippen LogP contribution in [0.3, 0.4) is 0 Å². The molecule has 0 amide bonds. The zero-order valence-corrected chi connectivity index (χ0v) is 9.82. The molecule has 0 radical (unpaired) electrons. The van der Waals surface area contributed by atoms with Gasteiger partial charge < -0.3 is 14.9 Å². The van der Waals surface area contributed by atoms with E-state index in [0.717, 1.165) is 0 Å².